The summed E-state index contributed by atoms with van der Waals surface area (Å²) in [5.74, 6) is 0.949. The van der Waals surface area contributed by atoms with E-state index in [1.807, 2.05) is 6.07 Å². The van der Waals surface area contributed by atoms with Gasteiger partial charge in [-0.15, -0.1) is 0 Å². The lowest BCUT2D eigenvalue weighted by Gasteiger charge is -2.34. The Kier molecular flexibility index (Phi) is 5.23. The zero-order chi connectivity index (χ0) is 13.7. The van der Waals surface area contributed by atoms with Gasteiger partial charge in [0.2, 0.25) is 0 Å². The molecule has 2 rings (SSSR count). The van der Waals surface area contributed by atoms with Crippen molar-refractivity contribution in [3.63, 3.8) is 0 Å². The molecule has 1 aromatic carbocycles. The number of methoxy groups -OCH3 is 1. The van der Waals surface area contributed by atoms with Gasteiger partial charge in [-0.3, -0.25) is 4.90 Å². The maximum absolute atomic E-state index is 5.28. The molecule has 1 aliphatic rings. The molecule has 0 atom stereocenters. The Balaban J connectivity index is 1.88. The second kappa shape index (κ2) is 6.92. The normalized spacial score (nSPS) is 23.6. The monoisotopic (exact) mass is 262 g/mol. The number of nitrogens with one attached hydrogen (secondary N) is 1. The van der Waals surface area contributed by atoms with Gasteiger partial charge in [0, 0.05) is 18.6 Å². The molecule has 0 amide bonds. The predicted molar refractivity (Wildman–Crippen MR) is 79.6 cm³/mol. The van der Waals surface area contributed by atoms with E-state index in [-0.39, 0.29) is 0 Å². The Morgan fingerprint density at radius 3 is 2.63 bits per heavy atom. The minimum absolute atomic E-state index is 0.718. The molecule has 0 spiro atoms. The van der Waals surface area contributed by atoms with Crippen LogP contribution in [0.2, 0.25) is 0 Å². The van der Waals surface area contributed by atoms with Crippen molar-refractivity contribution in [3.8, 4) is 5.75 Å². The highest BCUT2D eigenvalue weighted by atomic mass is 16.5. The summed E-state index contributed by atoms with van der Waals surface area (Å²) in [6.07, 6.45) is 5.19. The van der Waals surface area contributed by atoms with E-state index in [9.17, 15) is 0 Å². The van der Waals surface area contributed by atoms with Crippen molar-refractivity contribution in [3.05, 3.63) is 29.8 Å². The second-order valence-electron chi connectivity index (χ2n) is 5.56. The number of hydrogen-bond donors (Lipinski definition) is 1. The van der Waals surface area contributed by atoms with Crippen LogP contribution in [0.5, 0.6) is 5.75 Å². The molecule has 1 N–H and O–H groups in total. The molecule has 106 valence electrons. The second-order valence-corrected chi connectivity index (χ2v) is 5.56. The molecule has 3 nitrogen and oxygen atoms in total. The van der Waals surface area contributed by atoms with E-state index < -0.39 is 0 Å². The quantitative estimate of drug-likeness (QED) is 0.883. The summed E-state index contributed by atoms with van der Waals surface area (Å²) in [4.78, 5) is 2.49. The van der Waals surface area contributed by atoms with Gasteiger partial charge in [-0.2, -0.15) is 0 Å². The third kappa shape index (κ3) is 3.95. The predicted octanol–water partition coefficient (Wildman–Crippen LogP) is 2.66. The summed E-state index contributed by atoms with van der Waals surface area (Å²) in [6.45, 7) is 1.01. The molecular formula is C16H26N2O. The van der Waals surface area contributed by atoms with Crippen LogP contribution in [0.1, 0.15) is 31.2 Å². The van der Waals surface area contributed by atoms with Gasteiger partial charge in [0.25, 0.3) is 0 Å². The molecule has 0 unspecified atom stereocenters. The first kappa shape index (κ1) is 14.4. The van der Waals surface area contributed by atoms with Crippen LogP contribution in [0.15, 0.2) is 24.3 Å². The van der Waals surface area contributed by atoms with Crippen LogP contribution in [0, 0.1) is 0 Å². The highest BCUT2D eigenvalue weighted by molar-refractivity contribution is 5.28. The fourth-order valence-electron chi connectivity index (χ4n) is 2.99. The van der Waals surface area contributed by atoms with Crippen LogP contribution in [-0.2, 0) is 6.54 Å². The van der Waals surface area contributed by atoms with Crippen LogP contribution in [-0.4, -0.2) is 38.2 Å². The molecule has 1 aliphatic carbocycles. The summed E-state index contributed by atoms with van der Waals surface area (Å²) >= 11 is 0. The molecule has 0 bridgehead atoms. The summed E-state index contributed by atoms with van der Waals surface area (Å²) < 4.78 is 5.28. The van der Waals surface area contributed by atoms with E-state index >= 15 is 0 Å². The van der Waals surface area contributed by atoms with Crippen molar-refractivity contribution < 1.29 is 4.74 Å². The van der Waals surface area contributed by atoms with Crippen molar-refractivity contribution in [1.82, 2.24) is 10.2 Å². The molecule has 0 aliphatic heterocycles. The van der Waals surface area contributed by atoms with Gasteiger partial charge in [0.15, 0.2) is 0 Å². The Bertz CT molecular complexity index is 386. The fraction of sp³-hybridized carbons (Fsp3) is 0.625. The smallest absolute Gasteiger partial charge is 0.119 e. The Morgan fingerprint density at radius 1 is 1.26 bits per heavy atom. The average Bonchev–Trinajstić information content (AvgIpc) is 2.47. The lowest BCUT2D eigenvalue weighted by molar-refractivity contribution is 0.170. The Labute approximate surface area is 116 Å². The minimum Gasteiger partial charge on any atom is -0.497 e. The van der Waals surface area contributed by atoms with E-state index in [0.717, 1.165) is 24.4 Å². The Morgan fingerprint density at radius 2 is 2.00 bits per heavy atom. The molecule has 19 heavy (non-hydrogen) atoms. The van der Waals surface area contributed by atoms with Crippen molar-refractivity contribution in [2.24, 2.45) is 0 Å². The number of rotatable bonds is 5. The zero-order valence-electron chi connectivity index (χ0n) is 12.4. The van der Waals surface area contributed by atoms with Crippen LogP contribution >= 0.6 is 0 Å². The van der Waals surface area contributed by atoms with Crippen LogP contribution in [0.3, 0.4) is 0 Å². The van der Waals surface area contributed by atoms with E-state index in [0.29, 0.717) is 0 Å². The van der Waals surface area contributed by atoms with Crippen LogP contribution < -0.4 is 10.1 Å². The molecule has 0 aromatic heterocycles. The zero-order valence-corrected chi connectivity index (χ0v) is 12.4. The van der Waals surface area contributed by atoms with Gasteiger partial charge in [-0.25, -0.2) is 0 Å². The number of nitrogens with zero attached hydrogens (tertiary/aromatic N) is 1. The average molecular weight is 262 g/mol. The molecule has 3 heteroatoms. The molecule has 1 saturated carbocycles. The highest BCUT2D eigenvalue weighted by Gasteiger charge is 2.22. The van der Waals surface area contributed by atoms with Crippen LogP contribution in [0.4, 0.5) is 0 Å². The number of ether oxygens (including phenoxy) is 1. The molecule has 0 heterocycles. The van der Waals surface area contributed by atoms with Gasteiger partial charge in [0.1, 0.15) is 5.75 Å². The third-order valence-corrected chi connectivity index (χ3v) is 4.29. The molecule has 0 radical (unpaired) electrons. The summed E-state index contributed by atoms with van der Waals surface area (Å²) in [5.41, 5.74) is 1.33. The van der Waals surface area contributed by atoms with E-state index in [4.69, 9.17) is 4.74 Å². The highest BCUT2D eigenvalue weighted by Crippen LogP contribution is 2.24. The van der Waals surface area contributed by atoms with Crippen molar-refractivity contribution in [2.75, 3.05) is 21.2 Å². The SMILES string of the molecule is CNC1CCC(N(C)Cc2cccc(OC)c2)CC1. The molecular weight excluding hydrogens is 236 g/mol. The molecule has 1 aromatic rings. The van der Waals surface area contributed by atoms with E-state index in [1.54, 1.807) is 7.11 Å². The van der Waals surface area contributed by atoms with Gasteiger partial charge in [-0.1, -0.05) is 12.1 Å². The first-order valence-corrected chi connectivity index (χ1v) is 7.23. The minimum atomic E-state index is 0.718. The maximum Gasteiger partial charge on any atom is 0.119 e. The first-order chi connectivity index (χ1) is 9.22. The number of benzene rings is 1. The van der Waals surface area contributed by atoms with Crippen molar-refractivity contribution in [1.29, 1.82) is 0 Å². The van der Waals surface area contributed by atoms with E-state index in [1.165, 1.54) is 31.2 Å². The first-order valence-electron chi connectivity index (χ1n) is 7.23. The largest absolute Gasteiger partial charge is 0.497 e. The fourth-order valence-corrected chi connectivity index (χ4v) is 2.99. The van der Waals surface area contributed by atoms with Gasteiger partial charge in [-0.05, 0) is 57.5 Å². The topological polar surface area (TPSA) is 24.5 Å². The lowest BCUT2D eigenvalue weighted by atomic mass is 9.90. The molecule has 1 fully saturated rings. The van der Waals surface area contributed by atoms with Crippen molar-refractivity contribution in [2.45, 2.75) is 44.3 Å². The van der Waals surface area contributed by atoms with Gasteiger partial charge in [0.05, 0.1) is 7.11 Å². The lowest BCUT2D eigenvalue weighted by Crippen LogP contribution is -2.39. The standard InChI is InChI=1S/C16H26N2O/c1-17-14-7-9-15(10-8-14)18(2)12-13-5-4-6-16(11-13)19-3/h4-6,11,14-15,17H,7-10,12H2,1-3H3. The summed E-state index contributed by atoms with van der Waals surface area (Å²) in [5, 5.41) is 3.39. The third-order valence-electron chi connectivity index (χ3n) is 4.29. The van der Waals surface area contributed by atoms with Crippen molar-refractivity contribution >= 4 is 0 Å². The van der Waals surface area contributed by atoms with Gasteiger partial charge < -0.3 is 10.1 Å². The van der Waals surface area contributed by atoms with E-state index in [2.05, 4.69) is 42.5 Å². The maximum atomic E-state index is 5.28. The van der Waals surface area contributed by atoms with Crippen LogP contribution in [0.25, 0.3) is 0 Å². The summed E-state index contributed by atoms with van der Waals surface area (Å²) in [7, 11) is 6.04. The Hall–Kier alpha value is -1.06. The number of hydrogen-bond acceptors (Lipinski definition) is 3. The molecule has 0 saturated heterocycles. The van der Waals surface area contributed by atoms with Gasteiger partial charge >= 0.3 is 0 Å². The summed E-state index contributed by atoms with van der Waals surface area (Å²) in [6, 6.07) is 9.83.